The Bertz CT molecular complexity index is 970. The van der Waals surface area contributed by atoms with E-state index in [1.807, 2.05) is 30.3 Å². The van der Waals surface area contributed by atoms with Crippen LogP contribution >= 0.6 is 0 Å². The van der Waals surface area contributed by atoms with Gasteiger partial charge < -0.3 is 0 Å². The second kappa shape index (κ2) is 8.31. The summed E-state index contributed by atoms with van der Waals surface area (Å²) in [5.41, 5.74) is 2.10. The van der Waals surface area contributed by atoms with E-state index < -0.39 is 0 Å². The monoisotopic (exact) mass is 359 g/mol. The second-order valence-electron chi connectivity index (χ2n) is 7.28. The minimum absolute atomic E-state index is 0.0776. The van der Waals surface area contributed by atoms with Crippen LogP contribution in [0.25, 0.3) is 17.0 Å². The predicted octanol–water partition coefficient (Wildman–Crippen LogP) is 3.82. The lowest BCUT2D eigenvalue weighted by molar-refractivity contribution is 0.187. The summed E-state index contributed by atoms with van der Waals surface area (Å²) in [5.74, 6) is 0.542. The SMILES string of the molecule is O=c1c2ccccc2ncn1CC1CCN(C/C=C/c2ccccc2)CC1. The molecule has 0 aliphatic carbocycles. The summed E-state index contributed by atoms with van der Waals surface area (Å²) in [6.07, 6.45) is 8.39. The summed E-state index contributed by atoms with van der Waals surface area (Å²) in [6.45, 7) is 3.92. The Morgan fingerprint density at radius 2 is 1.74 bits per heavy atom. The average molecular weight is 359 g/mol. The van der Waals surface area contributed by atoms with Crippen LogP contribution in [0.3, 0.4) is 0 Å². The zero-order chi connectivity index (χ0) is 18.5. The Labute approximate surface area is 159 Å². The van der Waals surface area contributed by atoms with E-state index in [1.54, 1.807) is 10.9 Å². The average Bonchev–Trinajstić information content (AvgIpc) is 2.72. The summed E-state index contributed by atoms with van der Waals surface area (Å²) in [5, 5.41) is 0.712. The Balaban J connectivity index is 1.31. The van der Waals surface area contributed by atoms with Crippen LogP contribution in [-0.2, 0) is 6.54 Å². The number of para-hydroxylation sites is 1. The van der Waals surface area contributed by atoms with E-state index in [2.05, 4.69) is 46.3 Å². The third kappa shape index (κ3) is 4.34. The summed E-state index contributed by atoms with van der Waals surface area (Å²) < 4.78 is 1.79. The Kier molecular flexibility index (Phi) is 5.45. The number of fused-ring (bicyclic) bond motifs is 1. The first kappa shape index (κ1) is 17.7. The molecule has 2 aromatic carbocycles. The largest absolute Gasteiger partial charge is 0.300 e. The normalized spacial score (nSPS) is 16.3. The van der Waals surface area contributed by atoms with Gasteiger partial charge in [0.1, 0.15) is 0 Å². The van der Waals surface area contributed by atoms with Gasteiger partial charge >= 0.3 is 0 Å². The molecular weight excluding hydrogens is 334 g/mol. The zero-order valence-corrected chi connectivity index (χ0v) is 15.5. The molecule has 4 heteroatoms. The highest BCUT2D eigenvalue weighted by Gasteiger charge is 2.19. The lowest BCUT2D eigenvalue weighted by Crippen LogP contribution is -2.36. The van der Waals surface area contributed by atoms with Gasteiger partial charge in [0.2, 0.25) is 0 Å². The van der Waals surface area contributed by atoms with Crippen LogP contribution in [0.15, 0.2) is 71.8 Å². The standard InChI is InChI=1S/C23H25N3O/c27-23-21-10-4-5-11-22(21)24-18-26(23)17-20-12-15-25(16-13-20)14-6-9-19-7-2-1-3-8-19/h1-11,18,20H,12-17H2/b9-6+. The van der Waals surface area contributed by atoms with Crippen LogP contribution in [0.2, 0.25) is 0 Å². The Hall–Kier alpha value is -2.72. The van der Waals surface area contributed by atoms with E-state index in [0.717, 1.165) is 44.5 Å². The van der Waals surface area contributed by atoms with Gasteiger partial charge in [0, 0.05) is 13.1 Å². The molecule has 4 nitrogen and oxygen atoms in total. The first-order valence-corrected chi connectivity index (χ1v) is 9.68. The highest BCUT2D eigenvalue weighted by molar-refractivity contribution is 5.76. The molecule has 0 N–H and O–H groups in total. The molecule has 0 saturated carbocycles. The molecule has 0 radical (unpaired) electrons. The molecule has 0 amide bonds. The number of rotatable bonds is 5. The Morgan fingerprint density at radius 1 is 1.00 bits per heavy atom. The van der Waals surface area contributed by atoms with Gasteiger partial charge in [-0.25, -0.2) is 4.98 Å². The molecule has 1 aliphatic heterocycles. The third-order valence-electron chi connectivity index (χ3n) is 5.37. The van der Waals surface area contributed by atoms with Gasteiger partial charge in [-0.1, -0.05) is 54.6 Å². The molecule has 1 fully saturated rings. The molecule has 0 bridgehead atoms. The van der Waals surface area contributed by atoms with E-state index in [0.29, 0.717) is 11.3 Å². The van der Waals surface area contributed by atoms with Gasteiger partial charge in [-0.3, -0.25) is 14.3 Å². The highest BCUT2D eigenvalue weighted by atomic mass is 16.1. The first-order chi connectivity index (χ1) is 13.3. The van der Waals surface area contributed by atoms with Crippen LogP contribution in [0.5, 0.6) is 0 Å². The topological polar surface area (TPSA) is 38.1 Å². The summed E-state index contributed by atoms with van der Waals surface area (Å²) >= 11 is 0. The van der Waals surface area contributed by atoms with Crippen molar-refractivity contribution in [1.29, 1.82) is 0 Å². The Morgan fingerprint density at radius 3 is 2.56 bits per heavy atom. The minimum atomic E-state index is 0.0776. The molecule has 0 atom stereocenters. The molecule has 0 spiro atoms. The highest BCUT2D eigenvalue weighted by Crippen LogP contribution is 2.19. The van der Waals surface area contributed by atoms with Crippen molar-refractivity contribution >= 4 is 17.0 Å². The van der Waals surface area contributed by atoms with Crippen molar-refractivity contribution in [3.63, 3.8) is 0 Å². The molecule has 3 aromatic rings. The van der Waals surface area contributed by atoms with Crippen LogP contribution in [0.4, 0.5) is 0 Å². The van der Waals surface area contributed by atoms with E-state index in [1.165, 1.54) is 5.56 Å². The van der Waals surface area contributed by atoms with Crippen molar-refractivity contribution in [3.8, 4) is 0 Å². The summed E-state index contributed by atoms with van der Waals surface area (Å²) in [4.78, 5) is 19.6. The second-order valence-corrected chi connectivity index (χ2v) is 7.28. The molecule has 0 unspecified atom stereocenters. The fourth-order valence-electron chi connectivity index (χ4n) is 3.77. The molecular formula is C23H25N3O. The van der Waals surface area contributed by atoms with Crippen LogP contribution < -0.4 is 5.56 Å². The van der Waals surface area contributed by atoms with Gasteiger partial charge in [0.25, 0.3) is 5.56 Å². The predicted molar refractivity (Wildman–Crippen MR) is 111 cm³/mol. The van der Waals surface area contributed by atoms with Crippen molar-refractivity contribution in [3.05, 3.63) is 82.9 Å². The maximum absolute atomic E-state index is 12.6. The van der Waals surface area contributed by atoms with E-state index in [4.69, 9.17) is 0 Å². The number of likely N-dealkylation sites (tertiary alicyclic amines) is 1. The smallest absolute Gasteiger partial charge is 0.261 e. The maximum atomic E-state index is 12.6. The van der Waals surface area contributed by atoms with Gasteiger partial charge in [0.05, 0.1) is 17.2 Å². The van der Waals surface area contributed by atoms with Crippen molar-refractivity contribution < 1.29 is 0 Å². The number of nitrogens with zero attached hydrogens (tertiary/aromatic N) is 3. The van der Waals surface area contributed by atoms with Gasteiger partial charge in [-0.05, 0) is 49.5 Å². The molecule has 2 heterocycles. The van der Waals surface area contributed by atoms with E-state index >= 15 is 0 Å². The quantitative estimate of drug-likeness (QED) is 0.695. The number of piperidine rings is 1. The maximum Gasteiger partial charge on any atom is 0.261 e. The minimum Gasteiger partial charge on any atom is -0.300 e. The molecule has 27 heavy (non-hydrogen) atoms. The fourth-order valence-corrected chi connectivity index (χ4v) is 3.77. The van der Waals surface area contributed by atoms with E-state index in [-0.39, 0.29) is 5.56 Å². The van der Waals surface area contributed by atoms with Gasteiger partial charge in [0.15, 0.2) is 0 Å². The molecule has 4 rings (SSSR count). The summed E-state index contributed by atoms with van der Waals surface area (Å²) in [7, 11) is 0. The first-order valence-electron chi connectivity index (χ1n) is 9.68. The van der Waals surface area contributed by atoms with Crippen molar-refractivity contribution in [2.75, 3.05) is 19.6 Å². The molecule has 138 valence electrons. The third-order valence-corrected chi connectivity index (χ3v) is 5.37. The number of hydrogen-bond acceptors (Lipinski definition) is 3. The van der Waals surface area contributed by atoms with Crippen molar-refractivity contribution in [2.45, 2.75) is 19.4 Å². The molecule has 1 saturated heterocycles. The molecule has 1 aliphatic rings. The van der Waals surface area contributed by atoms with E-state index in [9.17, 15) is 4.79 Å². The lowest BCUT2D eigenvalue weighted by Gasteiger charge is -2.31. The van der Waals surface area contributed by atoms with Gasteiger partial charge in [-0.15, -0.1) is 0 Å². The van der Waals surface area contributed by atoms with Crippen molar-refractivity contribution in [1.82, 2.24) is 14.5 Å². The number of hydrogen-bond donors (Lipinski definition) is 0. The lowest BCUT2D eigenvalue weighted by atomic mass is 9.96. The van der Waals surface area contributed by atoms with Crippen LogP contribution in [-0.4, -0.2) is 34.1 Å². The number of benzene rings is 2. The van der Waals surface area contributed by atoms with Crippen LogP contribution in [0.1, 0.15) is 18.4 Å². The van der Waals surface area contributed by atoms with Crippen molar-refractivity contribution in [2.24, 2.45) is 5.92 Å². The fraction of sp³-hybridized carbons (Fsp3) is 0.304. The summed E-state index contributed by atoms with van der Waals surface area (Å²) in [6, 6.07) is 18.0. The van der Waals surface area contributed by atoms with Crippen LogP contribution in [0, 0.1) is 5.92 Å². The molecule has 1 aromatic heterocycles. The zero-order valence-electron chi connectivity index (χ0n) is 15.5. The van der Waals surface area contributed by atoms with Gasteiger partial charge in [-0.2, -0.15) is 0 Å². The number of aromatic nitrogens is 2.